The minimum absolute atomic E-state index is 0.189. The van der Waals surface area contributed by atoms with Gasteiger partial charge in [-0.05, 0) is 25.5 Å². The van der Waals surface area contributed by atoms with Crippen LogP contribution < -0.4 is 5.32 Å². The molecule has 0 saturated carbocycles. The molecule has 0 amide bonds. The Bertz CT molecular complexity index is 379. The monoisotopic (exact) mass is 225 g/mol. The summed E-state index contributed by atoms with van der Waals surface area (Å²) in [4.78, 5) is 10.6. The second kappa shape index (κ2) is 5.49. The molecular weight excluding hydrogens is 209 g/mol. The van der Waals surface area contributed by atoms with E-state index in [1.54, 1.807) is 12.1 Å². The van der Waals surface area contributed by atoms with Crippen LogP contribution >= 0.6 is 0 Å². The third-order valence-electron chi connectivity index (χ3n) is 2.46. The molecule has 0 saturated heterocycles. The first-order valence-corrected chi connectivity index (χ1v) is 5.30. The average Bonchev–Trinajstić information content (AvgIpc) is 2.22. The number of carboxylic acid groups (broad SMARTS) is 1. The van der Waals surface area contributed by atoms with Gasteiger partial charge in [-0.3, -0.25) is 4.79 Å². The van der Waals surface area contributed by atoms with E-state index in [-0.39, 0.29) is 18.0 Å². The number of nitrogens with one attached hydrogen (secondary N) is 1. The van der Waals surface area contributed by atoms with Gasteiger partial charge in [0.05, 0.1) is 6.42 Å². The molecule has 0 aliphatic carbocycles. The fourth-order valence-corrected chi connectivity index (χ4v) is 1.39. The number of hydrogen-bond acceptors (Lipinski definition) is 2. The van der Waals surface area contributed by atoms with Gasteiger partial charge in [-0.1, -0.05) is 13.0 Å². The van der Waals surface area contributed by atoms with E-state index in [0.29, 0.717) is 5.69 Å². The van der Waals surface area contributed by atoms with Gasteiger partial charge >= 0.3 is 5.97 Å². The van der Waals surface area contributed by atoms with Crippen LogP contribution in [0, 0.1) is 5.82 Å². The quantitative estimate of drug-likeness (QED) is 0.810. The van der Waals surface area contributed by atoms with Gasteiger partial charge in [0.1, 0.15) is 5.82 Å². The maximum absolute atomic E-state index is 13.5. The molecule has 0 bridgehead atoms. The standard InChI is InChI=1S/C12H16FNO2/c1-3-8(2)14-11-6-4-5-10(13)9(11)7-12(15)16/h4-6,8,14H,3,7H2,1-2H3,(H,15,16). The van der Waals surface area contributed by atoms with Gasteiger partial charge in [0, 0.05) is 17.3 Å². The summed E-state index contributed by atoms with van der Waals surface area (Å²) < 4.78 is 13.5. The van der Waals surface area contributed by atoms with Crippen molar-refractivity contribution in [2.24, 2.45) is 0 Å². The highest BCUT2D eigenvalue weighted by molar-refractivity contribution is 5.73. The molecule has 0 heterocycles. The summed E-state index contributed by atoms with van der Waals surface area (Å²) in [5, 5.41) is 11.8. The first-order chi connectivity index (χ1) is 7.54. The number of rotatable bonds is 5. The predicted octanol–water partition coefficient (Wildman–Crippen LogP) is 2.66. The van der Waals surface area contributed by atoms with Crippen molar-refractivity contribution in [3.63, 3.8) is 0 Å². The molecule has 0 aliphatic heterocycles. The van der Waals surface area contributed by atoms with Crippen LogP contribution in [0.4, 0.5) is 10.1 Å². The number of carboxylic acids is 1. The third kappa shape index (κ3) is 3.22. The maximum atomic E-state index is 13.5. The van der Waals surface area contributed by atoms with Crippen LogP contribution in [-0.4, -0.2) is 17.1 Å². The number of benzene rings is 1. The SMILES string of the molecule is CCC(C)Nc1cccc(F)c1CC(=O)O. The Balaban J connectivity index is 2.97. The molecular formula is C12H16FNO2. The maximum Gasteiger partial charge on any atom is 0.308 e. The van der Waals surface area contributed by atoms with Crippen molar-refractivity contribution in [3.05, 3.63) is 29.6 Å². The highest BCUT2D eigenvalue weighted by Gasteiger charge is 2.12. The third-order valence-corrected chi connectivity index (χ3v) is 2.46. The largest absolute Gasteiger partial charge is 0.481 e. The van der Waals surface area contributed by atoms with Crippen LogP contribution in [0.3, 0.4) is 0 Å². The molecule has 0 spiro atoms. The second-order valence-electron chi connectivity index (χ2n) is 3.79. The Morgan fingerprint density at radius 2 is 2.25 bits per heavy atom. The molecule has 2 N–H and O–H groups in total. The molecule has 4 heteroatoms. The van der Waals surface area contributed by atoms with Crippen LogP contribution in [0.2, 0.25) is 0 Å². The Morgan fingerprint density at radius 3 is 2.81 bits per heavy atom. The topological polar surface area (TPSA) is 49.3 Å². The first-order valence-electron chi connectivity index (χ1n) is 5.30. The summed E-state index contributed by atoms with van der Waals surface area (Å²) in [6.45, 7) is 3.98. The van der Waals surface area contributed by atoms with Gasteiger partial charge in [-0.2, -0.15) is 0 Å². The molecule has 0 aliphatic rings. The van der Waals surface area contributed by atoms with Crippen molar-refractivity contribution in [1.82, 2.24) is 0 Å². The van der Waals surface area contributed by atoms with Crippen molar-refractivity contribution in [2.45, 2.75) is 32.7 Å². The average molecular weight is 225 g/mol. The van der Waals surface area contributed by atoms with E-state index < -0.39 is 11.8 Å². The molecule has 16 heavy (non-hydrogen) atoms. The van der Waals surface area contributed by atoms with Crippen molar-refractivity contribution < 1.29 is 14.3 Å². The Labute approximate surface area is 94.3 Å². The van der Waals surface area contributed by atoms with Crippen molar-refractivity contribution >= 4 is 11.7 Å². The lowest BCUT2D eigenvalue weighted by Gasteiger charge is -2.16. The van der Waals surface area contributed by atoms with Gasteiger partial charge in [-0.15, -0.1) is 0 Å². The molecule has 1 aromatic carbocycles. The molecule has 1 atom stereocenters. The van der Waals surface area contributed by atoms with Crippen LogP contribution in [0.1, 0.15) is 25.8 Å². The predicted molar refractivity (Wildman–Crippen MR) is 61.1 cm³/mol. The molecule has 1 rings (SSSR count). The molecule has 88 valence electrons. The number of halogens is 1. The lowest BCUT2D eigenvalue weighted by Crippen LogP contribution is -2.16. The van der Waals surface area contributed by atoms with E-state index >= 15 is 0 Å². The summed E-state index contributed by atoms with van der Waals surface area (Å²) in [7, 11) is 0. The van der Waals surface area contributed by atoms with Crippen molar-refractivity contribution in [2.75, 3.05) is 5.32 Å². The lowest BCUT2D eigenvalue weighted by atomic mass is 10.1. The summed E-state index contributed by atoms with van der Waals surface area (Å²) in [6.07, 6.45) is 0.592. The zero-order chi connectivity index (χ0) is 12.1. The minimum Gasteiger partial charge on any atom is -0.481 e. The molecule has 1 unspecified atom stereocenters. The zero-order valence-electron chi connectivity index (χ0n) is 9.46. The van der Waals surface area contributed by atoms with Crippen LogP contribution in [0.5, 0.6) is 0 Å². The summed E-state index contributed by atoms with van der Waals surface area (Å²) in [5.74, 6) is -1.51. The molecule has 0 fully saturated rings. The van der Waals surface area contributed by atoms with Gasteiger partial charge in [0.15, 0.2) is 0 Å². The summed E-state index contributed by atoms with van der Waals surface area (Å²) in [5.41, 5.74) is 0.784. The van der Waals surface area contributed by atoms with E-state index in [4.69, 9.17) is 5.11 Å². The van der Waals surface area contributed by atoms with E-state index in [2.05, 4.69) is 5.32 Å². The molecule has 0 radical (unpaired) electrons. The van der Waals surface area contributed by atoms with E-state index in [1.807, 2.05) is 13.8 Å². The van der Waals surface area contributed by atoms with E-state index in [9.17, 15) is 9.18 Å². The zero-order valence-corrected chi connectivity index (χ0v) is 9.46. The fraction of sp³-hybridized carbons (Fsp3) is 0.417. The smallest absolute Gasteiger partial charge is 0.308 e. The number of carbonyl (C=O) groups is 1. The Hall–Kier alpha value is -1.58. The van der Waals surface area contributed by atoms with Gasteiger partial charge in [-0.25, -0.2) is 4.39 Å². The van der Waals surface area contributed by atoms with Gasteiger partial charge in [0.25, 0.3) is 0 Å². The summed E-state index contributed by atoms with van der Waals surface area (Å²) in [6, 6.07) is 4.74. The summed E-state index contributed by atoms with van der Waals surface area (Å²) >= 11 is 0. The molecule has 0 aromatic heterocycles. The number of anilines is 1. The Kier molecular flexibility index (Phi) is 4.28. The van der Waals surface area contributed by atoms with Crippen molar-refractivity contribution in [3.8, 4) is 0 Å². The van der Waals surface area contributed by atoms with Gasteiger partial charge < -0.3 is 10.4 Å². The minimum atomic E-state index is -1.03. The number of hydrogen-bond donors (Lipinski definition) is 2. The highest BCUT2D eigenvalue weighted by atomic mass is 19.1. The van der Waals surface area contributed by atoms with E-state index in [1.165, 1.54) is 6.07 Å². The molecule has 3 nitrogen and oxygen atoms in total. The second-order valence-corrected chi connectivity index (χ2v) is 3.79. The van der Waals surface area contributed by atoms with Crippen LogP contribution in [0.15, 0.2) is 18.2 Å². The normalized spacial score (nSPS) is 12.2. The fourth-order valence-electron chi connectivity index (χ4n) is 1.39. The highest BCUT2D eigenvalue weighted by Crippen LogP contribution is 2.20. The lowest BCUT2D eigenvalue weighted by molar-refractivity contribution is -0.136. The van der Waals surface area contributed by atoms with Crippen LogP contribution in [-0.2, 0) is 11.2 Å². The first kappa shape index (κ1) is 12.5. The Morgan fingerprint density at radius 1 is 1.56 bits per heavy atom. The van der Waals surface area contributed by atoms with Crippen molar-refractivity contribution in [1.29, 1.82) is 0 Å². The van der Waals surface area contributed by atoms with Gasteiger partial charge in [0.2, 0.25) is 0 Å². The van der Waals surface area contributed by atoms with Crippen LogP contribution in [0.25, 0.3) is 0 Å². The molecule has 1 aromatic rings. The number of aliphatic carboxylic acids is 1. The van der Waals surface area contributed by atoms with E-state index in [0.717, 1.165) is 6.42 Å².